The molecule has 1 aromatic heterocycles. The lowest BCUT2D eigenvalue weighted by Gasteiger charge is -2.25. The number of para-hydroxylation sites is 3. The van der Waals surface area contributed by atoms with E-state index in [2.05, 4.69) is 137 Å². The summed E-state index contributed by atoms with van der Waals surface area (Å²) in [7, 11) is -3.07. The number of benzene rings is 7. The Bertz CT molecular complexity index is 2390. The van der Waals surface area contributed by atoms with Crippen LogP contribution < -0.4 is 20.8 Å². The summed E-state index contributed by atoms with van der Waals surface area (Å²) in [6.45, 7) is 0. The SMILES string of the molecule is O=P1(c2ccccc2)c2ccccc2-c2c1ccc1c3ccccc3n(-c3ccc(N(c4ccccc4)c4ccccc4)cc3)c21. The largest absolute Gasteiger partial charge is 0.311 e. The van der Waals surface area contributed by atoms with Crippen LogP contribution in [0.25, 0.3) is 38.6 Å². The quantitative estimate of drug-likeness (QED) is 0.182. The molecular formula is C42H29N2OP. The van der Waals surface area contributed by atoms with Gasteiger partial charge in [-0.25, -0.2) is 0 Å². The molecule has 1 aliphatic heterocycles. The fourth-order valence-electron chi connectivity index (χ4n) is 7.20. The summed E-state index contributed by atoms with van der Waals surface area (Å²) in [5.74, 6) is 0. The first-order chi connectivity index (χ1) is 22.7. The molecule has 3 nitrogen and oxygen atoms in total. The highest BCUT2D eigenvalue weighted by atomic mass is 31.2. The first kappa shape index (κ1) is 26.7. The zero-order chi connectivity index (χ0) is 30.7. The van der Waals surface area contributed by atoms with Crippen molar-refractivity contribution < 1.29 is 4.57 Å². The molecule has 9 rings (SSSR count). The molecule has 8 aromatic rings. The molecule has 0 amide bonds. The van der Waals surface area contributed by atoms with Gasteiger partial charge in [0.2, 0.25) is 0 Å². The van der Waals surface area contributed by atoms with Crippen molar-refractivity contribution in [3.05, 3.63) is 176 Å². The van der Waals surface area contributed by atoms with Crippen molar-refractivity contribution in [3.63, 3.8) is 0 Å². The molecule has 46 heavy (non-hydrogen) atoms. The summed E-state index contributed by atoms with van der Waals surface area (Å²) in [5, 5.41) is 5.03. The van der Waals surface area contributed by atoms with Gasteiger partial charge in [-0.2, -0.15) is 0 Å². The Morgan fingerprint density at radius 1 is 0.457 bits per heavy atom. The van der Waals surface area contributed by atoms with Gasteiger partial charge in [-0.1, -0.05) is 115 Å². The average Bonchev–Trinajstić information content (AvgIpc) is 3.60. The van der Waals surface area contributed by atoms with Gasteiger partial charge in [-0.3, -0.25) is 0 Å². The molecule has 0 radical (unpaired) electrons. The number of anilines is 3. The van der Waals surface area contributed by atoms with Crippen LogP contribution in [-0.4, -0.2) is 4.57 Å². The highest BCUT2D eigenvalue weighted by Gasteiger charge is 2.41. The summed E-state index contributed by atoms with van der Waals surface area (Å²) >= 11 is 0. The van der Waals surface area contributed by atoms with Crippen molar-refractivity contribution in [2.24, 2.45) is 0 Å². The third-order valence-electron chi connectivity index (χ3n) is 9.18. The summed E-state index contributed by atoms with van der Waals surface area (Å²) in [4.78, 5) is 2.28. The fourth-order valence-corrected chi connectivity index (χ4v) is 10.3. The molecule has 0 saturated heterocycles. The Morgan fingerprint density at radius 3 is 1.72 bits per heavy atom. The maximum absolute atomic E-state index is 15.3. The van der Waals surface area contributed by atoms with Crippen LogP contribution in [0.3, 0.4) is 0 Å². The molecule has 218 valence electrons. The molecule has 2 heterocycles. The van der Waals surface area contributed by atoms with Gasteiger partial charge < -0.3 is 14.0 Å². The molecule has 4 heteroatoms. The van der Waals surface area contributed by atoms with E-state index in [1.165, 1.54) is 5.39 Å². The molecule has 7 aromatic carbocycles. The van der Waals surface area contributed by atoms with Crippen molar-refractivity contribution in [3.8, 4) is 16.8 Å². The summed E-state index contributed by atoms with van der Waals surface area (Å²) in [6, 6.07) is 60.9. The van der Waals surface area contributed by atoms with Gasteiger partial charge in [0, 0.05) is 55.0 Å². The molecule has 0 spiro atoms. The van der Waals surface area contributed by atoms with Gasteiger partial charge in [0.05, 0.1) is 11.0 Å². The third kappa shape index (κ3) is 3.89. The monoisotopic (exact) mass is 608 g/mol. The van der Waals surface area contributed by atoms with E-state index in [1.807, 2.05) is 48.5 Å². The minimum absolute atomic E-state index is 0.870. The number of fused-ring (bicyclic) bond motifs is 7. The van der Waals surface area contributed by atoms with E-state index in [-0.39, 0.29) is 0 Å². The van der Waals surface area contributed by atoms with Gasteiger partial charge >= 0.3 is 0 Å². The fraction of sp³-hybridized carbons (Fsp3) is 0. The van der Waals surface area contributed by atoms with Crippen LogP contribution in [0.2, 0.25) is 0 Å². The molecule has 0 N–H and O–H groups in total. The number of rotatable bonds is 5. The molecule has 1 atom stereocenters. The summed E-state index contributed by atoms with van der Waals surface area (Å²) in [6.07, 6.45) is 0. The van der Waals surface area contributed by atoms with Crippen molar-refractivity contribution >= 4 is 61.9 Å². The zero-order valence-electron chi connectivity index (χ0n) is 25.0. The Balaban J connectivity index is 1.30. The number of hydrogen-bond acceptors (Lipinski definition) is 2. The number of nitrogens with zero attached hydrogens (tertiary/aromatic N) is 2. The maximum atomic E-state index is 15.3. The normalized spacial score (nSPS) is 15.1. The van der Waals surface area contributed by atoms with Crippen molar-refractivity contribution in [2.75, 3.05) is 4.90 Å². The Hall–Kier alpha value is -5.63. The van der Waals surface area contributed by atoms with Gasteiger partial charge in [0.25, 0.3) is 0 Å². The lowest BCUT2D eigenvalue weighted by Crippen LogP contribution is -2.20. The van der Waals surface area contributed by atoms with Crippen LogP contribution in [0.1, 0.15) is 0 Å². The Kier molecular flexibility index (Phi) is 6.09. The predicted molar refractivity (Wildman–Crippen MR) is 194 cm³/mol. The van der Waals surface area contributed by atoms with E-state index in [0.29, 0.717) is 0 Å². The van der Waals surface area contributed by atoms with Gasteiger partial charge in [0.15, 0.2) is 7.14 Å². The summed E-state index contributed by atoms with van der Waals surface area (Å²) in [5.41, 5.74) is 8.67. The Morgan fingerprint density at radius 2 is 1.02 bits per heavy atom. The highest BCUT2D eigenvalue weighted by molar-refractivity contribution is 7.86. The van der Waals surface area contributed by atoms with Crippen molar-refractivity contribution in [1.29, 1.82) is 0 Å². The molecule has 1 unspecified atom stereocenters. The highest BCUT2D eigenvalue weighted by Crippen LogP contribution is 2.54. The van der Waals surface area contributed by atoms with Crippen LogP contribution in [0.4, 0.5) is 17.1 Å². The Labute approximate surface area is 268 Å². The van der Waals surface area contributed by atoms with Gasteiger partial charge in [-0.15, -0.1) is 0 Å². The van der Waals surface area contributed by atoms with Crippen LogP contribution >= 0.6 is 7.14 Å². The minimum Gasteiger partial charge on any atom is -0.311 e. The van der Waals surface area contributed by atoms with E-state index in [9.17, 15) is 0 Å². The molecular weight excluding hydrogens is 579 g/mol. The summed E-state index contributed by atoms with van der Waals surface area (Å²) < 4.78 is 17.7. The lowest BCUT2D eigenvalue weighted by molar-refractivity contribution is 0.593. The van der Waals surface area contributed by atoms with E-state index in [0.717, 1.165) is 66.2 Å². The maximum Gasteiger partial charge on any atom is 0.172 e. The smallest absolute Gasteiger partial charge is 0.172 e. The van der Waals surface area contributed by atoms with Crippen LogP contribution in [-0.2, 0) is 4.57 Å². The van der Waals surface area contributed by atoms with Crippen molar-refractivity contribution in [1.82, 2.24) is 4.57 Å². The van der Waals surface area contributed by atoms with Gasteiger partial charge in [0.1, 0.15) is 0 Å². The molecule has 0 fully saturated rings. The second kappa shape index (κ2) is 10.5. The van der Waals surface area contributed by atoms with Gasteiger partial charge in [-0.05, 0) is 66.2 Å². The van der Waals surface area contributed by atoms with Crippen LogP contribution in [0.5, 0.6) is 0 Å². The van der Waals surface area contributed by atoms with E-state index in [4.69, 9.17) is 0 Å². The molecule has 0 bridgehead atoms. The average molecular weight is 609 g/mol. The molecule has 1 aliphatic rings. The van der Waals surface area contributed by atoms with Crippen molar-refractivity contribution in [2.45, 2.75) is 0 Å². The van der Waals surface area contributed by atoms with Crippen LogP contribution in [0, 0.1) is 0 Å². The first-order valence-electron chi connectivity index (χ1n) is 15.6. The number of aromatic nitrogens is 1. The molecule has 0 saturated carbocycles. The van der Waals surface area contributed by atoms with E-state index in [1.54, 1.807) is 0 Å². The topological polar surface area (TPSA) is 25.2 Å². The first-order valence-corrected chi connectivity index (χ1v) is 17.3. The second-order valence-electron chi connectivity index (χ2n) is 11.7. The van der Waals surface area contributed by atoms with E-state index < -0.39 is 7.14 Å². The lowest BCUT2D eigenvalue weighted by atomic mass is 10.0. The third-order valence-corrected chi connectivity index (χ3v) is 12.3. The zero-order valence-corrected chi connectivity index (χ0v) is 25.9. The molecule has 0 aliphatic carbocycles. The predicted octanol–water partition coefficient (Wildman–Crippen LogP) is 9.87. The minimum atomic E-state index is -3.07. The van der Waals surface area contributed by atoms with Crippen LogP contribution in [0.15, 0.2) is 176 Å². The number of hydrogen-bond donors (Lipinski definition) is 0. The van der Waals surface area contributed by atoms with E-state index >= 15 is 4.57 Å². The standard InChI is InChI=1S/C42H29N2OP/c45-46(34-18-8-3-9-19-34)39-23-13-11-21-37(39)41-40(46)29-28-36-35-20-10-12-22-38(35)44(42(36)41)33-26-24-32(25-27-33)43(30-14-4-1-5-15-30)31-16-6-2-7-17-31/h1-29H. The second-order valence-corrected chi connectivity index (χ2v) is 14.4.